The summed E-state index contributed by atoms with van der Waals surface area (Å²) in [6.07, 6.45) is 3.36. The van der Waals surface area contributed by atoms with Gasteiger partial charge in [0.15, 0.2) is 11.6 Å². The molecule has 0 aliphatic heterocycles. The maximum absolute atomic E-state index is 13.7. The number of aliphatic hydroxyl groups excluding tert-OH is 1. The van der Waals surface area contributed by atoms with Crippen LogP contribution in [0.15, 0.2) is 18.5 Å². The summed E-state index contributed by atoms with van der Waals surface area (Å²) in [6.45, 7) is 4.34. The third-order valence-electron chi connectivity index (χ3n) is 6.79. The van der Waals surface area contributed by atoms with Gasteiger partial charge in [-0.1, -0.05) is 26.7 Å². The lowest BCUT2D eigenvalue weighted by Crippen LogP contribution is -2.64. The molecule has 5 rings (SSSR count). The van der Waals surface area contributed by atoms with E-state index in [1.165, 1.54) is 6.20 Å². The first-order chi connectivity index (χ1) is 15.4. The van der Waals surface area contributed by atoms with E-state index in [1.807, 2.05) is 18.4 Å². The Bertz CT molecular complexity index is 985. The van der Waals surface area contributed by atoms with Crippen LogP contribution in [-0.4, -0.2) is 31.7 Å². The number of unbranched alkanes of at least 4 members (excludes halogenated alkanes) is 2. The molecule has 0 spiro atoms. The van der Waals surface area contributed by atoms with Crippen molar-refractivity contribution in [3.8, 4) is 17.0 Å². The zero-order valence-corrected chi connectivity index (χ0v) is 18.8. The van der Waals surface area contributed by atoms with Crippen molar-refractivity contribution in [2.75, 3.05) is 5.73 Å². The van der Waals surface area contributed by atoms with E-state index in [0.717, 1.165) is 31.7 Å². The van der Waals surface area contributed by atoms with Crippen LogP contribution < -0.4 is 10.5 Å². The van der Waals surface area contributed by atoms with Crippen molar-refractivity contribution in [1.82, 2.24) is 14.5 Å². The Balaban J connectivity index is 1.44. The van der Waals surface area contributed by atoms with Crippen LogP contribution in [0, 0.1) is 11.3 Å². The van der Waals surface area contributed by atoms with E-state index in [1.54, 1.807) is 6.20 Å². The molecule has 3 saturated carbocycles. The van der Waals surface area contributed by atoms with Crippen LogP contribution in [0.1, 0.15) is 70.7 Å². The molecule has 2 heterocycles. The lowest BCUT2D eigenvalue weighted by molar-refractivity contribution is -0.274. The second-order valence-corrected chi connectivity index (χ2v) is 10.0. The van der Waals surface area contributed by atoms with Gasteiger partial charge in [0.25, 0.3) is 0 Å². The quantitative estimate of drug-likeness (QED) is 0.350. The van der Waals surface area contributed by atoms with Gasteiger partial charge in [-0.2, -0.15) is 0 Å². The van der Waals surface area contributed by atoms with Gasteiger partial charge < -0.3 is 20.1 Å². The van der Waals surface area contributed by atoms with E-state index in [2.05, 4.69) is 14.7 Å². The van der Waals surface area contributed by atoms with Crippen molar-refractivity contribution in [1.29, 1.82) is 0 Å². The average Bonchev–Trinajstić information content (AvgIpc) is 3.09. The Morgan fingerprint density at radius 1 is 1.21 bits per heavy atom. The fourth-order valence-corrected chi connectivity index (χ4v) is 5.17. The van der Waals surface area contributed by atoms with Gasteiger partial charge in [-0.25, -0.2) is 14.4 Å². The predicted molar refractivity (Wildman–Crippen MR) is 115 cm³/mol. The third kappa shape index (κ3) is 5.10. The number of nitrogens with two attached hydrogens (primary N) is 1. The second-order valence-electron chi connectivity index (χ2n) is 10.0. The number of rotatable bonds is 10. The van der Waals surface area contributed by atoms with Gasteiger partial charge >= 0.3 is 6.36 Å². The smallest absolute Gasteiger partial charge is 0.402 e. The Hall–Kier alpha value is -2.36. The summed E-state index contributed by atoms with van der Waals surface area (Å²) in [6, 6.07) is 1.15. The van der Waals surface area contributed by atoms with Gasteiger partial charge in [-0.05, 0) is 49.5 Å². The standard InChI is InChI=1S/C23H30F4N4O2/c1-14(2)18(32)20-30-16(15-8-17(19(28)29-9-15)33-23(25,26)27)10-31(20)7-5-3-4-6-21-11-22(24,12-21)13-21/h8-10,14,18,32H,3-7,11-13H2,1-2H3,(H2,28,29). The molecular formula is C23H30F4N4O2. The zero-order chi connectivity index (χ0) is 24.0. The molecule has 0 saturated heterocycles. The molecular weight excluding hydrogens is 440 g/mol. The van der Waals surface area contributed by atoms with E-state index in [-0.39, 0.29) is 17.2 Å². The Morgan fingerprint density at radius 2 is 1.91 bits per heavy atom. The lowest BCUT2D eigenvalue weighted by Gasteiger charge is -2.66. The van der Waals surface area contributed by atoms with E-state index >= 15 is 0 Å². The van der Waals surface area contributed by atoms with Gasteiger partial charge in [0.2, 0.25) is 0 Å². The van der Waals surface area contributed by atoms with Gasteiger partial charge in [0.1, 0.15) is 17.6 Å². The molecule has 182 valence electrons. The molecule has 0 aromatic carbocycles. The third-order valence-corrected chi connectivity index (χ3v) is 6.79. The summed E-state index contributed by atoms with van der Waals surface area (Å²) in [4.78, 5) is 8.30. The maximum atomic E-state index is 13.7. The summed E-state index contributed by atoms with van der Waals surface area (Å²) in [5.41, 5.74) is 5.59. The minimum Gasteiger partial charge on any atom is -0.402 e. The number of aromatic nitrogens is 3. The fourth-order valence-electron chi connectivity index (χ4n) is 5.17. The van der Waals surface area contributed by atoms with Gasteiger partial charge in [0, 0.05) is 24.5 Å². The summed E-state index contributed by atoms with van der Waals surface area (Å²) in [5, 5.41) is 10.6. The summed E-state index contributed by atoms with van der Waals surface area (Å²) in [7, 11) is 0. The van der Waals surface area contributed by atoms with Crippen molar-refractivity contribution >= 4 is 5.82 Å². The van der Waals surface area contributed by atoms with E-state index in [4.69, 9.17) is 5.73 Å². The Kier molecular flexibility index (Phi) is 6.09. The molecule has 3 aliphatic carbocycles. The number of hydrogen-bond acceptors (Lipinski definition) is 5. The highest BCUT2D eigenvalue weighted by molar-refractivity contribution is 5.63. The number of halogens is 4. The lowest BCUT2D eigenvalue weighted by atomic mass is 9.41. The molecule has 1 atom stereocenters. The van der Waals surface area contributed by atoms with E-state index in [9.17, 15) is 22.7 Å². The van der Waals surface area contributed by atoms with Crippen LogP contribution in [0.2, 0.25) is 0 Å². The van der Waals surface area contributed by atoms with E-state index < -0.39 is 23.9 Å². The first-order valence-electron chi connectivity index (χ1n) is 11.3. The highest BCUT2D eigenvalue weighted by Crippen LogP contribution is 2.71. The largest absolute Gasteiger partial charge is 0.573 e. The number of hydrogen-bond donors (Lipinski definition) is 2. The molecule has 0 radical (unpaired) electrons. The summed E-state index contributed by atoms with van der Waals surface area (Å²) < 4.78 is 57.5. The molecule has 3 N–H and O–H groups in total. The second kappa shape index (κ2) is 8.45. The molecule has 2 aromatic heterocycles. The predicted octanol–water partition coefficient (Wildman–Crippen LogP) is 5.57. The SMILES string of the molecule is CC(C)C(O)c1nc(-c2cnc(N)c(OC(F)(F)F)c2)cn1CCCCCC12CC(F)(C1)C2. The molecule has 1 unspecified atom stereocenters. The number of aliphatic hydroxyl groups is 1. The average molecular weight is 471 g/mol. The molecule has 3 aliphatic rings. The molecule has 10 heteroatoms. The van der Waals surface area contributed by atoms with Gasteiger partial charge in [-0.3, -0.25) is 0 Å². The minimum absolute atomic E-state index is 0.0926. The van der Waals surface area contributed by atoms with Crippen LogP contribution in [0.5, 0.6) is 5.75 Å². The van der Waals surface area contributed by atoms with Gasteiger partial charge in [-0.15, -0.1) is 13.2 Å². The van der Waals surface area contributed by atoms with Crippen molar-refractivity contribution < 1.29 is 27.4 Å². The molecule has 6 nitrogen and oxygen atoms in total. The van der Waals surface area contributed by atoms with E-state index in [0.29, 0.717) is 42.9 Å². The Morgan fingerprint density at radius 3 is 2.52 bits per heavy atom. The Labute approximate surface area is 190 Å². The normalized spacial score (nSPS) is 25.0. The molecule has 33 heavy (non-hydrogen) atoms. The molecule has 2 bridgehead atoms. The number of anilines is 1. The summed E-state index contributed by atoms with van der Waals surface area (Å²) in [5.74, 6) is -0.608. The highest BCUT2D eigenvalue weighted by atomic mass is 19.4. The number of aryl methyl sites for hydroxylation is 1. The van der Waals surface area contributed by atoms with Crippen LogP contribution in [-0.2, 0) is 6.54 Å². The first kappa shape index (κ1) is 23.8. The van der Waals surface area contributed by atoms with Gasteiger partial charge in [0.05, 0.1) is 5.69 Å². The molecule has 3 fully saturated rings. The number of nitrogen functional groups attached to an aromatic ring is 1. The molecule has 0 amide bonds. The number of alkyl halides is 4. The van der Waals surface area contributed by atoms with Crippen LogP contribution in [0.4, 0.5) is 23.4 Å². The zero-order valence-electron chi connectivity index (χ0n) is 18.8. The van der Waals surface area contributed by atoms with Crippen LogP contribution >= 0.6 is 0 Å². The minimum atomic E-state index is -4.89. The number of imidazole rings is 1. The maximum Gasteiger partial charge on any atom is 0.573 e. The van der Waals surface area contributed by atoms with Crippen molar-refractivity contribution in [2.45, 2.75) is 83.5 Å². The monoisotopic (exact) mass is 470 g/mol. The number of nitrogens with zero attached hydrogens (tertiary/aromatic N) is 3. The number of pyridine rings is 1. The topological polar surface area (TPSA) is 86.2 Å². The number of ether oxygens (including phenoxy) is 1. The highest BCUT2D eigenvalue weighted by Gasteiger charge is 2.68. The van der Waals surface area contributed by atoms with Crippen molar-refractivity contribution in [2.24, 2.45) is 11.3 Å². The first-order valence-corrected chi connectivity index (χ1v) is 11.3. The van der Waals surface area contributed by atoms with Crippen LogP contribution in [0.25, 0.3) is 11.3 Å². The summed E-state index contributed by atoms with van der Waals surface area (Å²) >= 11 is 0. The van der Waals surface area contributed by atoms with Crippen LogP contribution in [0.3, 0.4) is 0 Å². The van der Waals surface area contributed by atoms with Crippen molar-refractivity contribution in [3.63, 3.8) is 0 Å². The molecule has 2 aromatic rings. The van der Waals surface area contributed by atoms with Crippen molar-refractivity contribution in [3.05, 3.63) is 24.3 Å². The fraction of sp³-hybridized carbons (Fsp3) is 0.652.